The Hall–Kier alpha value is -1.12. The van der Waals surface area contributed by atoms with Crippen LogP contribution >= 0.6 is 0 Å². The van der Waals surface area contributed by atoms with Gasteiger partial charge >= 0.3 is 0 Å². The highest BCUT2D eigenvalue weighted by molar-refractivity contribution is 5.54. The predicted molar refractivity (Wildman–Crippen MR) is 57.8 cm³/mol. The predicted octanol–water partition coefficient (Wildman–Crippen LogP) is 1.88. The fourth-order valence-electron chi connectivity index (χ4n) is 1.25. The molecule has 2 nitrogen and oxygen atoms in total. The Kier molecular flexibility index (Phi) is 4.36. The molecule has 2 heteroatoms. The van der Waals surface area contributed by atoms with E-state index in [1.807, 2.05) is 37.3 Å². The van der Waals surface area contributed by atoms with Crippen molar-refractivity contribution in [2.24, 2.45) is 0 Å². The Balaban J connectivity index is 2.83. The molecule has 0 radical (unpaired) electrons. The van der Waals surface area contributed by atoms with Crippen molar-refractivity contribution in [3.63, 3.8) is 0 Å². The van der Waals surface area contributed by atoms with Crippen LogP contribution in [0.1, 0.15) is 23.1 Å². The molecule has 14 heavy (non-hydrogen) atoms. The monoisotopic (exact) mass is 192 g/mol. The summed E-state index contributed by atoms with van der Waals surface area (Å²) in [7, 11) is 0. The van der Waals surface area contributed by atoms with Crippen LogP contribution < -0.4 is 0 Å². The Labute approximate surface area is 84.5 Å². The lowest BCUT2D eigenvalue weighted by Crippen LogP contribution is -1.87. The van der Waals surface area contributed by atoms with E-state index < -0.39 is 0 Å². The van der Waals surface area contributed by atoms with Crippen molar-refractivity contribution < 1.29 is 10.2 Å². The van der Waals surface area contributed by atoms with Crippen LogP contribution in [0, 0.1) is 6.92 Å². The Morgan fingerprint density at radius 1 is 1.29 bits per heavy atom. The van der Waals surface area contributed by atoms with E-state index in [1.54, 1.807) is 0 Å². The zero-order valence-corrected chi connectivity index (χ0v) is 8.40. The largest absolute Gasteiger partial charge is 0.396 e. The van der Waals surface area contributed by atoms with Crippen molar-refractivity contribution in [2.75, 3.05) is 6.61 Å². The molecule has 0 aliphatic rings. The van der Waals surface area contributed by atoms with Gasteiger partial charge in [-0.1, -0.05) is 24.3 Å². The van der Waals surface area contributed by atoms with Gasteiger partial charge in [0.2, 0.25) is 0 Å². The second-order valence-corrected chi connectivity index (χ2v) is 3.26. The molecule has 0 aromatic heterocycles. The molecule has 1 rings (SSSR count). The standard InChI is InChI=1S/C12H16O2/c1-10-5-6-11(9-14)8-12(10)4-2-3-7-13/h2,4-6,8,13-14H,3,7,9H2,1H3. The lowest BCUT2D eigenvalue weighted by Gasteiger charge is -2.02. The number of hydrogen-bond acceptors (Lipinski definition) is 2. The summed E-state index contributed by atoms with van der Waals surface area (Å²) in [5.41, 5.74) is 3.20. The molecule has 0 unspecified atom stereocenters. The first-order chi connectivity index (χ1) is 6.77. The van der Waals surface area contributed by atoms with Crippen LogP contribution in [-0.2, 0) is 6.61 Å². The summed E-state index contributed by atoms with van der Waals surface area (Å²) in [6.45, 7) is 2.27. The van der Waals surface area contributed by atoms with Gasteiger partial charge in [0, 0.05) is 6.61 Å². The first kappa shape index (κ1) is 11.0. The van der Waals surface area contributed by atoms with Crippen LogP contribution in [-0.4, -0.2) is 16.8 Å². The molecule has 76 valence electrons. The number of aliphatic hydroxyl groups excluding tert-OH is 2. The molecular formula is C12H16O2. The second-order valence-electron chi connectivity index (χ2n) is 3.26. The fraction of sp³-hybridized carbons (Fsp3) is 0.333. The summed E-state index contributed by atoms with van der Waals surface area (Å²) in [6, 6.07) is 5.87. The van der Waals surface area contributed by atoms with Crippen molar-refractivity contribution >= 4 is 6.08 Å². The van der Waals surface area contributed by atoms with Crippen LogP contribution in [0.4, 0.5) is 0 Å². The summed E-state index contributed by atoms with van der Waals surface area (Å²) < 4.78 is 0. The van der Waals surface area contributed by atoms with Crippen molar-refractivity contribution in [1.82, 2.24) is 0 Å². The molecule has 1 aromatic carbocycles. The highest BCUT2D eigenvalue weighted by Gasteiger charge is 1.95. The maximum absolute atomic E-state index is 8.96. The van der Waals surface area contributed by atoms with Crippen LogP contribution in [0.2, 0.25) is 0 Å². The molecule has 0 atom stereocenters. The minimum Gasteiger partial charge on any atom is -0.396 e. The van der Waals surface area contributed by atoms with E-state index in [4.69, 9.17) is 10.2 Å². The molecule has 0 saturated carbocycles. The van der Waals surface area contributed by atoms with Gasteiger partial charge in [0.15, 0.2) is 0 Å². The summed E-state index contributed by atoms with van der Waals surface area (Å²) in [6.07, 6.45) is 4.58. The third-order valence-electron chi connectivity index (χ3n) is 2.12. The highest BCUT2D eigenvalue weighted by Crippen LogP contribution is 2.13. The third-order valence-corrected chi connectivity index (χ3v) is 2.12. The van der Waals surface area contributed by atoms with Crippen LogP contribution in [0.15, 0.2) is 24.3 Å². The smallest absolute Gasteiger partial charge is 0.0682 e. The molecular weight excluding hydrogens is 176 g/mol. The van der Waals surface area contributed by atoms with Crippen molar-refractivity contribution in [3.8, 4) is 0 Å². The molecule has 0 aliphatic heterocycles. The molecule has 2 N–H and O–H groups in total. The number of aryl methyl sites for hydroxylation is 1. The van der Waals surface area contributed by atoms with Gasteiger partial charge in [-0.05, 0) is 36.1 Å². The number of aliphatic hydroxyl groups is 2. The molecule has 0 saturated heterocycles. The van der Waals surface area contributed by atoms with E-state index in [0.29, 0.717) is 6.42 Å². The van der Waals surface area contributed by atoms with Crippen LogP contribution in [0.3, 0.4) is 0 Å². The lowest BCUT2D eigenvalue weighted by molar-refractivity contribution is 0.282. The maximum atomic E-state index is 8.96. The summed E-state index contributed by atoms with van der Waals surface area (Å²) in [4.78, 5) is 0. The van der Waals surface area contributed by atoms with Crippen LogP contribution in [0.5, 0.6) is 0 Å². The molecule has 0 bridgehead atoms. The Bertz CT molecular complexity index is 316. The maximum Gasteiger partial charge on any atom is 0.0682 e. The van der Waals surface area contributed by atoms with Crippen molar-refractivity contribution in [2.45, 2.75) is 20.0 Å². The Morgan fingerprint density at radius 3 is 2.71 bits per heavy atom. The number of hydrogen-bond donors (Lipinski definition) is 2. The van der Waals surface area contributed by atoms with E-state index >= 15 is 0 Å². The molecule has 0 heterocycles. The van der Waals surface area contributed by atoms with E-state index in [2.05, 4.69) is 0 Å². The third kappa shape index (κ3) is 2.98. The van der Waals surface area contributed by atoms with E-state index in [9.17, 15) is 0 Å². The SMILES string of the molecule is Cc1ccc(CO)cc1C=CCCO. The normalized spacial score (nSPS) is 11.1. The quantitative estimate of drug-likeness (QED) is 0.764. The van der Waals surface area contributed by atoms with Gasteiger partial charge in [-0.25, -0.2) is 0 Å². The van der Waals surface area contributed by atoms with E-state index in [0.717, 1.165) is 11.1 Å². The molecule has 0 aliphatic carbocycles. The molecule has 1 aromatic rings. The molecule has 0 fully saturated rings. The average molecular weight is 192 g/mol. The molecule has 0 spiro atoms. The zero-order valence-electron chi connectivity index (χ0n) is 8.40. The van der Waals surface area contributed by atoms with Gasteiger partial charge in [-0.15, -0.1) is 0 Å². The zero-order chi connectivity index (χ0) is 10.4. The Morgan fingerprint density at radius 2 is 2.07 bits per heavy atom. The first-order valence-corrected chi connectivity index (χ1v) is 4.75. The van der Waals surface area contributed by atoms with E-state index in [-0.39, 0.29) is 13.2 Å². The lowest BCUT2D eigenvalue weighted by atomic mass is 10.0. The van der Waals surface area contributed by atoms with Gasteiger partial charge in [-0.3, -0.25) is 0 Å². The number of rotatable bonds is 4. The van der Waals surface area contributed by atoms with Crippen molar-refractivity contribution in [1.29, 1.82) is 0 Å². The minimum absolute atomic E-state index is 0.0706. The minimum atomic E-state index is 0.0706. The van der Waals surface area contributed by atoms with Gasteiger partial charge < -0.3 is 10.2 Å². The summed E-state index contributed by atoms with van der Waals surface area (Å²) in [5, 5.41) is 17.6. The fourth-order valence-corrected chi connectivity index (χ4v) is 1.25. The molecule has 0 amide bonds. The van der Waals surface area contributed by atoms with Crippen molar-refractivity contribution in [3.05, 3.63) is 41.0 Å². The first-order valence-electron chi connectivity index (χ1n) is 4.75. The second kappa shape index (κ2) is 5.58. The van der Waals surface area contributed by atoms with Gasteiger partial charge in [-0.2, -0.15) is 0 Å². The topological polar surface area (TPSA) is 40.5 Å². The summed E-state index contributed by atoms with van der Waals surface area (Å²) in [5.74, 6) is 0. The van der Waals surface area contributed by atoms with Gasteiger partial charge in [0.1, 0.15) is 0 Å². The van der Waals surface area contributed by atoms with Gasteiger partial charge in [0.25, 0.3) is 0 Å². The van der Waals surface area contributed by atoms with E-state index in [1.165, 1.54) is 5.56 Å². The average Bonchev–Trinajstić information content (AvgIpc) is 2.21. The number of benzene rings is 1. The highest BCUT2D eigenvalue weighted by atomic mass is 16.3. The van der Waals surface area contributed by atoms with Gasteiger partial charge in [0.05, 0.1) is 6.61 Å². The summed E-state index contributed by atoms with van der Waals surface area (Å²) >= 11 is 0. The van der Waals surface area contributed by atoms with Crippen LogP contribution in [0.25, 0.3) is 6.08 Å².